The number of aliphatic hydroxyl groups excluding tert-OH is 1. The van der Waals surface area contributed by atoms with Crippen molar-refractivity contribution in [3.63, 3.8) is 0 Å². The number of benzene rings is 1. The smallest absolute Gasteiger partial charge is 0.0549 e. The first-order valence-electron chi connectivity index (χ1n) is 6.27. The third-order valence-electron chi connectivity index (χ3n) is 2.90. The Balaban J connectivity index is 2.25. The molecule has 0 saturated heterocycles. The van der Waals surface area contributed by atoms with Gasteiger partial charge in [0.2, 0.25) is 0 Å². The number of nitrogens with one attached hydrogen (secondary N) is 1. The quantitative estimate of drug-likeness (QED) is 0.785. The van der Waals surface area contributed by atoms with Crippen LogP contribution in [-0.2, 0) is 6.42 Å². The van der Waals surface area contributed by atoms with E-state index in [1.165, 1.54) is 5.56 Å². The molecule has 0 spiro atoms. The molecular weight excluding hydrogens is 234 g/mol. The van der Waals surface area contributed by atoms with Gasteiger partial charge in [-0.15, -0.1) is 0 Å². The van der Waals surface area contributed by atoms with Gasteiger partial charge in [-0.05, 0) is 50.4 Å². The van der Waals surface area contributed by atoms with Gasteiger partial charge in [0.15, 0.2) is 0 Å². The van der Waals surface area contributed by atoms with E-state index in [1.54, 1.807) is 0 Å². The van der Waals surface area contributed by atoms with Gasteiger partial charge in [0.1, 0.15) is 0 Å². The van der Waals surface area contributed by atoms with Crippen LogP contribution >= 0.6 is 11.6 Å². The topological polar surface area (TPSA) is 32.3 Å². The summed E-state index contributed by atoms with van der Waals surface area (Å²) in [6.45, 7) is 5.03. The molecule has 0 saturated carbocycles. The molecule has 1 aromatic carbocycles. The summed E-state index contributed by atoms with van der Waals surface area (Å²) in [6, 6.07) is 8.37. The van der Waals surface area contributed by atoms with Gasteiger partial charge in [-0.25, -0.2) is 0 Å². The zero-order valence-electron chi connectivity index (χ0n) is 10.6. The van der Waals surface area contributed by atoms with Gasteiger partial charge in [0.05, 0.1) is 6.10 Å². The van der Waals surface area contributed by atoms with Crippen LogP contribution in [0.1, 0.15) is 32.3 Å². The summed E-state index contributed by atoms with van der Waals surface area (Å²) < 4.78 is 0. The van der Waals surface area contributed by atoms with E-state index in [0.717, 1.165) is 30.8 Å². The Morgan fingerprint density at radius 2 is 1.94 bits per heavy atom. The van der Waals surface area contributed by atoms with Crippen molar-refractivity contribution < 1.29 is 5.11 Å². The van der Waals surface area contributed by atoms with Crippen LogP contribution in [0, 0.1) is 0 Å². The van der Waals surface area contributed by atoms with Crippen molar-refractivity contribution in [2.75, 3.05) is 6.54 Å². The second kappa shape index (κ2) is 7.70. The average molecular weight is 256 g/mol. The van der Waals surface area contributed by atoms with Gasteiger partial charge in [0.25, 0.3) is 0 Å². The molecule has 17 heavy (non-hydrogen) atoms. The molecule has 2 nitrogen and oxygen atoms in total. The Bertz CT molecular complexity index is 313. The van der Waals surface area contributed by atoms with Crippen LogP contribution in [0.3, 0.4) is 0 Å². The predicted molar refractivity (Wildman–Crippen MR) is 73.5 cm³/mol. The first kappa shape index (κ1) is 14.5. The van der Waals surface area contributed by atoms with Crippen LogP contribution in [-0.4, -0.2) is 23.8 Å². The maximum Gasteiger partial charge on any atom is 0.0549 e. The van der Waals surface area contributed by atoms with Crippen LogP contribution in [0.25, 0.3) is 0 Å². The molecule has 96 valence electrons. The Hall–Kier alpha value is -0.570. The molecule has 0 aliphatic heterocycles. The summed E-state index contributed by atoms with van der Waals surface area (Å²) in [7, 11) is 0. The maximum absolute atomic E-state index is 9.44. The Kier molecular flexibility index (Phi) is 6.56. The second-order valence-corrected chi connectivity index (χ2v) is 4.97. The van der Waals surface area contributed by atoms with Gasteiger partial charge >= 0.3 is 0 Å². The zero-order chi connectivity index (χ0) is 12.7. The summed E-state index contributed by atoms with van der Waals surface area (Å²) in [5.74, 6) is 0. The van der Waals surface area contributed by atoms with Gasteiger partial charge < -0.3 is 10.4 Å². The number of rotatable bonds is 7. The number of aliphatic hydroxyl groups is 1. The minimum Gasteiger partial charge on any atom is -0.393 e. The molecule has 0 fully saturated rings. The van der Waals surface area contributed by atoms with Crippen molar-refractivity contribution in [3.05, 3.63) is 34.9 Å². The van der Waals surface area contributed by atoms with Crippen molar-refractivity contribution in [1.29, 1.82) is 0 Å². The number of hydrogen-bond donors (Lipinski definition) is 2. The molecule has 0 aromatic heterocycles. The van der Waals surface area contributed by atoms with E-state index in [1.807, 2.05) is 19.1 Å². The first-order chi connectivity index (χ1) is 8.11. The van der Waals surface area contributed by atoms with Gasteiger partial charge in [0, 0.05) is 11.1 Å². The monoisotopic (exact) mass is 255 g/mol. The molecule has 0 radical (unpaired) electrons. The largest absolute Gasteiger partial charge is 0.393 e. The number of halogens is 1. The van der Waals surface area contributed by atoms with Gasteiger partial charge in [-0.3, -0.25) is 0 Å². The minimum atomic E-state index is -0.176. The van der Waals surface area contributed by atoms with E-state index in [4.69, 9.17) is 11.6 Å². The van der Waals surface area contributed by atoms with Gasteiger partial charge in [-0.2, -0.15) is 0 Å². The van der Waals surface area contributed by atoms with Crippen LogP contribution in [0.5, 0.6) is 0 Å². The lowest BCUT2D eigenvalue weighted by Crippen LogP contribution is -2.30. The van der Waals surface area contributed by atoms with Crippen LogP contribution in [0.4, 0.5) is 0 Å². The molecule has 3 heteroatoms. The zero-order valence-corrected chi connectivity index (χ0v) is 11.4. The fourth-order valence-electron chi connectivity index (χ4n) is 1.75. The highest BCUT2D eigenvalue weighted by atomic mass is 35.5. The van der Waals surface area contributed by atoms with E-state index in [-0.39, 0.29) is 6.10 Å². The summed E-state index contributed by atoms with van der Waals surface area (Å²) in [5, 5.41) is 13.6. The standard InChI is InChI=1S/C14H22ClNO/c1-3-14(17)8-9-16-11(2)10-12-4-6-13(15)7-5-12/h4-7,11,14,16-17H,3,8-10H2,1-2H3. The van der Waals surface area contributed by atoms with Gasteiger partial charge in [-0.1, -0.05) is 30.7 Å². The highest BCUT2D eigenvalue weighted by Crippen LogP contribution is 2.11. The Labute approximate surface area is 109 Å². The summed E-state index contributed by atoms with van der Waals surface area (Å²) in [5.41, 5.74) is 1.28. The summed E-state index contributed by atoms with van der Waals surface area (Å²) >= 11 is 5.84. The van der Waals surface area contributed by atoms with Crippen molar-refractivity contribution in [2.45, 2.75) is 45.3 Å². The van der Waals surface area contributed by atoms with Crippen molar-refractivity contribution in [3.8, 4) is 0 Å². The molecule has 0 amide bonds. The van der Waals surface area contributed by atoms with Crippen LogP contribution in [0.2, 0.25) is 5.02 Å². The molecule has 0 aliphatic carbocycles. The molecule has 0 bridgehead atoms. The molecule has 2 unspecified atom stereocenters. The van der Waals surface area contributed by atoms with E-state index in [0.29, 0.717) is 6.04 Å². The van der Waals surface area contributed by atoms with E-state index in [2.05, 4.69) is 24.4 Å². The fraction of sp³-hybridized carbons (Fsp3) is 0.571. The Morgan fingerprint density at radius 1 is 1.29 bits per heavy atom. The SMILES string of the molecule is CCC(O)CCNC(C)Cc1ccc(Cl)cc1. The van der Waals surface area contributed by atoms with E-state index >= 15 is 0 Å². The molecular formula is C14H22ClNO. The molecule has 1 rings (SSSR count). The lowest BCUT2D eigenvalue weighted by Gasteiger charge is -2.15. The predicted octanol–water partition coefficient (Wildman–Crippen LogP) is 3.02. The number of hydrogen-bond acceptors (Lipinski definition) is 2. The molecule has 1 aromatic rings. The van der Waals surface area contributed by atoms with Crippen LogP contribution in [0.15, 0.2) is 24.3 Å². The third-order valence-corrected chi connectivity index (χ3v) is 3.15. The molecule has 0 aliphatic rings. The first-order valence-corrected chi connectivity index (χ1v) is 6.65. The van der Waals surface area contributed by atoms with E-state index < -0.39 is 0 Å². The Morgan fingerprint density at radius 3 is 2.53 bits per heavy atom. The maximum atomic E-state index is 9.44. The molecule has 2 N–H and O–H groups in total. The second-order valence-electron chi connectivity index (χ2n) is 4.54. The molecule has 2 atom stereocenters. The van der Waals surface area contributed by atoms with Crippen molar-refractivity contribution >= 4 is 11.6 Å². The highest BCUT2D eigenvalue weighted by molar-refractivity contribution is 6.30. The summed E-state index contributed by atoms with van der Waals surface area (Å²) in [4.78, 5) is 0. The van der Waals surface area contributed by atoms with Crippen molar-refractivity contribution in [1.82, 2.24) is 5.32 Å². The van der Waals surface area contributed by atoms with E-state index in [9.17, 15) is 5.11 Å². The van der Waals surface area contributed by atoms with Crippen LogP contribution < -0.4 is 5.32 Å². The molecule has 0 heterocycles. The fourth-order valence-corrected chi connectivity index (χ4v) is 1.87. The highest BCUT2D eigenvalue weighted by Gasteiger charge is 2.05. The van der Waals surface area contributed by atoms with Crippen molar-refractivity contribution in [2.24, 2.45) is 0 Å². The average Bonchev–Trinajstić information content (AvgIpc) is 2.32. The lowest BCUT2D eigenvalue weighted by atomic mass is 10.1. The third kappa shape index (κ3) is 6.06. The lowest BCUT2D eigenvalue weighted by molar-refractivity contribution is 0.159. The summed E-state index contributed by atoms with van der Waals surface area (Å²) in [6.07, 6.45) is 2.46. The minimum absolute atomic E-state index is 0.176. The normalized spacial score (nSPS) is 14.6.